The zero-order chi connectivity index (χ0) is 16.7. The molecule has 2 aromatic carbocycles. The van der Waals surface area contributed by atoms with Gasteiger partial charge >= 0.3 is 0 Å². The summed E-state index contributed by atoms with van der Waals surface area (Å²) in [7, 11) is 0. The second kappa shape index (κ2) is 8.22. The van der Waals surface area contributed by atoms with Gasteiger partial charge in [-0.3, -0.25) is 4.79 Å². The van der Waals surface area contributed by atoms with E-state index in [9.17, 15) is 4.79 Å². The summed E-state index contributed by atoms with van der Waals surface area (Å²) >= 11 is 0. The van der Waals surface area contributed by atoms with Crippen molar-refractivity contribution in [2.24, 2.45) is 0 Å². The van der Waals surface area contributed by atoms with Crippen molar-refractivity contribution in [3.63, 3.8) is 0 Å². The molecule has 0 amide bonds. The topological polar surface area (TPSA) is 44.8 Å². The van der Waals surface area contributed by atoms with Crippen molar-refractivity contribution in [3.8, 4) is 17.2 Å². The van der Waals surface area contributed by atoms with Crippen LogP contribution in [0.2, 0.25) is 0 Å². The summed E-state index contributed by atoms with van der Waals surface area (Å²) in [5.41, 5.74) is 1.51. The Kier molecular flexibility index (Phi) is 6.03. The quantitative estimate of drug-likeness (QED) is 0.683. The molecule has 0 atom stereocenters. The molecular weight excluding hydrogens is 292 g/mol. The van der Waals surface area contributed by atoms with Gasteiger partial charge < -0.3 is 14.2 Å². The number of benzene rings is 2. The highest BCUT2D eigenvalue weighted by Gasteiger charge is 2.09. The SMILES string of the molecule is CCOc1ccc(OCc2cc(C(C)=O)ccc2OCC)cc1. The lowest BCUT2D eigenvalue weighted by atomic mass is 10.1. The second-order valence-electron chi connectivity index (χ2n) is 5.00. The number of rotatable bonds is 8. The number of ether oxygens (including phenoxy) is 3. The predicted molar refractivity (Wildman–Crippen MR) is 89.6 cm³/mol. The van der Waals surface area contributed by atoms with Crippen LogP contribution < -0.4 is 14.2 Å². The smallest absolute Gasteiger partial charge is 0.159 e. The first-order valence-electron chi connectivity index (χ1n) is 7.76. The van der Waals surface area contributed by atoms with Crippen LogP contribution in [0, 0.1) is 0 Å². The third kappa shape index (κ3) is 4.74. The Hall–Kier alpha value is -2.49. The van der Waals surface area contributed by atoms with E-state index in [0.29, 0.717) is 25.4 Å². The average Bonchev–Trinajstić information content (AvgIpc) is 2.55. The van der Waals surface area contributed by atoms with E-state index >= 15 is 0 Å². The Balaban J connectivity index is 2.11. The highest BCUT2D eigenvalue weighted by Crippen LogP contribution is 2.24. The Morgan fingerprint density at radius 3 is 2.04 bits per heavy atom. The molecule has 0 unspecified atom stereocenters. The average molecular weight is 314 g/mol. The Morgan fingerprint density at radius 2 is 1.48 bits per heavy atom. The normalized spacial score (nSPS) is 10.2. The van der Waals surface area contributed by atoms with Crippen LogP contribution >= 0.6 is 0 Å². The van der Waals surface area contributed by atoms with Gasteiger partial charge in [-0.15, -0.1) is 0 Å². The number of hydrogen-bond acceptors (Lipinski definition) is 4. The first-order chi connectivity index (χ1) is 11.1. The standard InChI is InChI=1S/C19H22O4/c1-4-21-17-7-9-18(10-8-17)23-13-16-12-15(14(3)20)6-11-19(16)22-5-2/h6-12H,4-5,13H2,1-3H3. The summed E-state index contributed by atoms with van der Waals surface area (Å²) in [6.07, 6.45) is 0. The predicted octanol–water partition coefficient (Wildman–Crippen LogP) is 4.27. The van der Waals surface area contributed by atoms with Crippen LogP contribution in [0.1, 0.15) is 36.7 Å². The fourth-order valence-electron chi connectivity index (χ4n) is 2.17. The fraction of sp³-hybridized carbons (Fsp3) is 0.316. The zero-order valence-electron chi connectivity index (χ0n) is 13.8. The maximum atomic E-state index is 11.5. The molecule has 2 aromatic rings. The molecule has 0 aliphatic rings. The van der Waals surface area contributed by atoms with Crippen molar-refractivity contribution in [1.82, 2.24) is 0 Å². The third-order valence-corrected chi connectivity index (χ3v) is 3.30. The maximum absolute atomic E-state index is 11.5. The Bertz CT molecular complexity index is 647. The first kappa shape index (κ1) is 16.9. The number of hydrogen-bond donors (Lipinski definition) is 0. The van der Waals surface area contributed by atoms with Gasteiger partial charge in [0.25, 0.3) is 0 Å². The summed E-state index contributed by atoms with van der Waals surface area (Å²) < 4.78 is 16.8. The van der Waals surface area contributed by atoms with Crippen molar-refractivity contribution >= 4 is 5.78 Å². The van der Waals surface area contributed by atoms with Gasteiger partial charge in [-0.1, -0.05) is 0 Å². The molecule has 4 heteroatoms. The highest BCUT2D eigenvalue weighted by atomic mass is 16.5. The van der Waals surface area contributed by atoms with Crippen LogP contribution in [0.4, 0.5) is 0 Å². The number of carbonyl (C=O) groups is 1. The van der Waals surface area contributed by atoms with Crippen molar-refractivity contribution in [1.29, 1.82) is 0 Å². The molecule has 0 aliphatic heterocycles. The molecule has 0 N–H and O–H groups in total. The van der Waals surface area contributed by atoms with Gasteiger partial charge in [-0.25, -0.2) is 0 Å². The molecule has 0 bridgehead atoms. The van der Waals surface area contributed by atoms with E-state index in [-0.39, 0.29) is 5.78 Å². The van der Waals surface area contributed by atoms with E-state index < -0.39 is 0 Å². The van der Waals surface area contributed by atoms with Gasteiger partial charge in [-0.05, 0) is 63.2 Å². The lowest BCUT2D eigenvalue weighted by molar-refractivity contribution is 0.101. The molecule has 2 rings (SSSR count). The van der Waals surface area contributed by atoms with Crippen LogP contribution in [-0.2, 0) is 6.61 Å². The minimum atomic E-state index is 0.0235. The van der Waals surface area contributed by atoms with Crippen molar-refractivity contribution in [2.45, 2.75) is 27.4 Å². The molecule has 0 saturated heterocycles. The zero-order valence-corrected chi connectivity index (χ0v) is 13.8. The molecule has 23 heavy (non-hydrogen) atoms. The van der Waals surface area contributed by atoms with Gasteiger partial charge in [0.1, 0.15) is 23.9 Å². The van der Waals surface area contributed by atoms with Crippen molar-refractivity contribution in [3.05, 3.63) is 53.6 Å². The molecule has 0 aliphatic carbocycles. The number of Topliss-reactive ketones (excluding diaryl/α,β-unsaturated/α-hetero) is 1. The molecule has 0 heterocycles. The Morgan fingerprint density at radius 1 is 0.870 bits per heavy atom. The summed E-state index contributed by atoms with van der Waals surface area (Å²) in [5, 5.41) is 0. The lowest BCUT2D eigenvalue weighted by Gasteiger charge is -2.13. The van der Waals surface area contributed by atoms with Crippen LogP contribution in [-0.4, -0.2) is 19.0 Å². The highest BCUT2D eigenvalue weighted by molar-refractivity contribution is 5.94. The fourth-order valence-corrected chi connectivity index (χ4v) is 2.17. The molecule has 0 radical (unpaired) electrons. The molecule has 0 aromatic heterocycles. The minimum Gasteiger partial charge on any atom is -0.494 e. The van der Waals surface area contributed by atoms with Gasteiger partial charge in [0.2, 0.25) is 0 Å². The summed E-state index contributed by atoms with van der Waals surface area (Å²) in [4.78, 5) is 11.5. The molecule has 0 spiro atoms. The molecule has 0 fully saturated rings. The Labute approximate surface area is 137 Å². The summed E-state index contributed by atoms with van der Waals surface area (Å²) in [6, 6.07) is 12.9. The van der Waals surface area contributed by atoms with E-state index in [1.54, 1.807) is 13.0 Å². The van der Waals surface area contributed by atoms with Crippen molar-refractivity contribution in [2.75, 3.05) is 13.2 Å². The molecule has 122 valence electrons. The second-order valence-corrected chi connectivity index (χ2v) is 5.00. The van der Waals surface area contributed by atoms with Gasteiger partial charge in [0.15, 0.2) is 5.78 Å². The number of ketones is 1. The van der Waals surface area contributed by atoms with Crippen molar-refractivity contribution < 1.29 is 19.0 Å². The van der Waals surface area contributed by atoms with Gasteiger partial charge in [0.05, 0.1) is 13.2 Å². The van der Waals surface area contributed by atoms with Crippen LogP contribution in [0.15, 0.2) is 42.5 Å². The van der Waals surface area contributed by atoms with E-state index in [0.717, 1.165) is 22.8 Å². The minimum absolute atomic E-state index is 0.0235. The largest absolute Gasteiger partial charge is 0.494 e. The van der Waals surface area contributed by atoms with E-state index in [1.165, 1.54) is 0 Å². The molecule has 4 nitrogen and oxygen atoms in total. The maximum Gasteiger partial charge on any atom is 0.159 e. The van der Waals surface area contributed by atoms with E-state index in [2.05, 4.69) is 0 Å². The van der Waals surface area contributed by atoms with E-state index in [1.807, 2.05) is 50.2 Å². The van der Waals surface area contributed by atoms with E-state index in [4.69, 9.17) is 14.2 Å². The van der Waals surface area contributed by atoms with Gasteiger partial charge in [-0.2, -0.15) is 0 Å². The monoisotopic (exact) mass is 314 g/mol. The molecule has 0 saturated carbocycles. The lowest BCUT2D eigenvalue weighted by Crippen LogP contribution is -2.03. The summed E-state index contributed by atoms with van der Waals surface area (Å²) in [5.74, 6) is 2.32. The van der Waals surface area contributed by atoms with Gasteiger partial charge in [0, 0.05) is 11.1 Å². The van der Waals surface area contributed by atoms with Crippen LogP contribution in [0.25, 0.3) is 0 Å². The summed E-state index contributed by atoms with van der Waals surface area (Å²) in [6.45, 7) is 6.96. The number of carbonyl (C=O) groups excluding carboxylic acids is 1. The van der Waals surface area contributed by atoms with Crippen LogP contribution in [0.3, 0.4) is 0 Å². The molecular formula is C19H22O4. The first-order valence-corrected chi connectivity index (χ1v) is 7.76. The third-order valence-electron chi connectivity index (χ3n) is 3.30. The van der Waals surface area contributed by atoms with Crippen LogP contribution in [0.5, 0.6) is 17.2 Å².